The third-order valence-corrected chi connectivity index (χ3v) is 6.35. The number of para-hydroxylation sites is 1. The summed E-state index contributed by atoms with van der Waals surface area (Å²) in [6.45, 7) is 2.59. The highest BCUT2D eigenvalue weighted by atomic mass is 32.2. The number of ketones is 1. The number of rotatable bonds is 9. The lowest BCUT2D eigenvalue weighted by Gasteiger charge is -2.15. The van der Waals surface area contributed by atoms with Crippen molar-refractivity contribution in [3.8, 4) is 0 Å². The van der Waals surface area contributed by atoms with Crippen LogP contribution >= 0.6 is 0 Å². The Morgan fingerprint density at radius 1 is 0.939 bits per heavy atom. The average Bonchev–Trinajstić information content (AvgIpc) is 2.78. The largest absolute Gasteiger partial charge is 0.452 e. The number of amides is 1. The number of carbonyl (C=O) groups excluding carboxylic acids is 3. The number of hydrogen-bond acceptors (Lipinski definition) is 6. The van der Waals surface area contributed by atoms with Crippen LogP contribution < -0.4 is 10.0 Å². The van der Waals surface area contributed by atoms with Crippen LogP contribution in [0, 0.1) is 0 Å². The zero-order chi connectivity index (χ0) is 24.0. The molecule has 0 heterocycles. The molecule has 172 valence electrons. The third-order valence-electron chi connectivity index (χ3n) is 4.89. The molecule has 1 unspecified atom stereocenters. The summed E-state index contributed by atoms with van der Waals surface area (Å²) < 4.78 is 32.5. The number of fused-ring (bicyclic) bond motifs is 1. The molecule has 0 radical (unpaired) electrons. The zero-order valence-corrected chi connectivity index (χ0v) is 19.0. The van der Waals surface area contributed by atoms with Gasteiger partial charge in [0.2, 0.25) is 10.0 Å². The smallest absolute Gasteiger partial charge is 0.307 e. The van der Waals surface area contributed by atoms with Crippen molar-refractivity contribution >= 4 is 44.1 Å². The van der Waals surface area contributed by atoms with Gasteiger partial charge in [-0.1, -0.05) is 42.5 Å². The Morgan fingerprint density at radius 2 is 1.61 bits per heavy atom. The Labute approximate surface area is 192 Å². The molecule has 8 nitrogen and oxygen atoms in total. The molecule has 3 aromatic rings. The van der Waals surface area contributed by atoms with E-state index in [1.807, 2.05) is 24.3 Å². The SMILES string of the molecule is CC(=O)c1ccccc1NC(=O)C(C)OC(=O)CCNS(=O)(=O)c1ccc2ccccc2c1. The Bertz CT molecular complexity index is 1300. The summed E-state index contributed by atoms with van der Waals surface area (Å²) in [5.41, 5.74) is 0.661. The number of carbonyl (C=O) groups is 3. The monoisotopic (exact) mass is 468 g/mol. The van der Waals surface area contributed by atoms with Crippen LogP contribution in [0.2, 0.25) is 0 Å². The van der Waals surface area contributed by atoms with Gasteiger partial charge in [0.25, 0.3) is 5.91 Å². The fourth-order valence-corrected chi connectivity index (χ4v) is 4.22. The van der Waals surface area contributed by atoms with Crippen molar-refractivity contribution in [2.24, 2.45) is 0 Å². The first kappa shape index (κ1) is 24.1. The highest BCUT2D eigenvalue weighted by Crippen LogP contribution is 2.19. The van der Waals surface area contributed by atoms with E-state index >= 15 is 0 Å². The van der Waals surface area contributed by atoms with Crippen LogP contribution in [-0.2, 0) is 24.3 Å². The van der Waals surface area contributed by atoms with Crippen LogP contribution in [0.25, 0.3) is 10.8 Å². The highest BCUT2D eigenvalue weighted by Gasteiger charge is 2.20. The Kier molecular flexibility index (Phi) is 7.57. The van der Waals surface area contributed by atoms with Crippen molar-refractivity contribution in [1.29, 1.82) is 0 Å². The summed E-state index contributed by atoms with van der Waals surface area (Å²) in [6, 6.07) is 18.6. The molecule has 0 spiro atoms. The van der Waals surface area contributed by atoms with E-state index in [0.717, 1.165) is 10.8 Å². The van der Waals surface area contributed by atoms with Crippen LogP contribution in [0.15, 0.2) is 71.6 Å². The fraction of sp³-hybridized carbons (Fsp3) is 0.208. The second-order valence-corrected chi connectivity index (χ2v) is 9.15. The molecule has 9 heteroatoms. The van der Waals surface area contributed by atoms with Crippen molar-refractivity contribution in [3.05, 3.63) is 72.3 Å². The predicted octanol–water partition coefficient (Wildman–Crippen LogP) is 3.28. The standard InChI is InChI=1S/C24H24N2O6S/c1-16(27)21-9-5-6-10-22(21)26-24(29)17(2)32-23(28)13-14-25-33(30,31)20-12-11-18-7-3-4-8-19(18)15-20/h3-12,15,17,25H,13-14H2,1-2H3,(H,26,29). The summed E-state index contributed by atoms with van der Waals surface area (Å²) in [6.07, 6.45) is -1.39. The molecule has 0 bridgehead atoms. The van der Waals surface area contributed by atoms with Gasteiger partial charge in [-0.2, -0.15) is 0 Å². The minimum absolute atomic E-state index is 0.0893. The number of benzene rings is 3. The first-order chi connectivity index (χ1) is 15.7. The van der Waals surface area contributed by atoms with Crippen molar-refractivity contribution < 1.29 is 27.5 Å². The normalized spacial score (nSPS) is 12.2. The quantitative estimate of drug-likeness (QED) is 0.368. The molecule has 2 N–H and O–H groups in total. The van der Waals surface area contributed by atoms with Gasteiger partial charge in [0.1, 0.15) is 0 Å². The predicted molar refractivity (Wildman–Crippen MR) is 124 cm³/mol. The van der Waals surface area contributed by atoms with Crippen LogP contribution in [-0.4, -0.2) is 38.7 Å². The van der Waals surface area contributed by atoms with Gasteiger partial charge in [-0.05, 0) is 48.9 Å². The maximum atomic E-state index is 12.5. The molecule has 0 saturated heterocycles. The molecule has 3 rings (SSSR count). The average molecular weight is 469 g/mol. The van der Waals surface area contributed by atoms with E-state index < -0.39 is 28.0 Å². The first-order valence-corrected chi connectivity index (χ1v) is 11.7. The maximum Gasteiger partial charge on any atom is 0.307 e. The van der Waals surface area contributed by atoms with Crippen molar-refractivity contribution in [3.63, 3.8) is 0 Å². The van der Waals surface area contributed by atoms with Gasteiger partial charge in [0.05, 0.1) is 17.0 Å². The zero-order valence-electron chi connectivity index (χ0n) is 18.2. The minimum atomic E-state index is -3.81. The molecule has 0 saturated carbocycles. The molecular weight excluding hydrogens is 444 g/mol. The molecule has 0 aliphatic heterocycles. The van der Waals surface area contributed by atoms with Gasteiger partial charge in [0, 0.05) is 12.1 Å². The van der Waals surface area contributed by atoms with E-state index in [1.54, 1.807) is 36.4 Å². The van der Waals surface area contributed by atoms with Crippen molar-refractivity contribution in [2.45, 2.75) is 31.3 Å². The summed E-state index contributed by atoms with van der Waals surface area (Å²) in [4.78, 5) is 36.2. The Morgan fingerprint density at radius 3 is 2.33 bits per heavy atom. The Balaban J connectivity index is 1.52. The molecule has 3 aromatic carbocycles. The number of nitrogens with one attached hydrogen (secondary N) is 2. The summed E-state index contributed by atoms with van der Waals surface area (Å²) in [5, 5.41) is 4.26. The van der Waals surface area contributed by atoms with E-state index in [-0.39, 0.29) is 23.6 Å². The van der Waals surface area contributed by atoms with E-state index in [9.17, 15) is 22.8 Å². The molecule has 0 aliphatic rings. The number of Topliss-reactive ketones (excluding diaryl/α,β-unsaturated/α-hetero) is 1. The third kappa shape index (κ3) is 6.24. The van der Waals surface area contributed by atoms with Crippen LogP contribution in [0.5, 0.6) is 0 Å². The summed E-state index contributed by atoms with van der Waals surface area (Å²) in [7, 11) is -3.81. The lowest BCUT2D eigenvalue weighted by molar-refractivity contribution is -0.152. The van der Waals surface area contributed by atoms with Gasteiger partial charge in [-0.25, -0.2) is 13.1 Å². The molecule has 0 aliphatic carbocycles. The van der Waals surface area contributed by atoms with Crippen molar-refractivity contribution in [2.75, 3.05) is 11.9 Å². The Hall–Kier alpha value is -3.56. The molecule has 1 amide bonds. The second-order valence-electron chi connectivity index (χ2n) is 7.38. The topological polar surface area (TPSA) is 119 Å². The highest BCUT2D eigenvalue weighted by molar-refractivity contribution is 7.89. The van der Waals surface area contributed by atoms with Crippen LogP contribution in [0.3, 0.4) is 0 Å². The second kappa shape index (κ2) is 10.4. The number of anilines is 1. The van der Waals surface area contributed by atoms with E-state index in [0.29, 0.717) is 11.3 Å². The van der Waals surface area contributed by atoms with E-state index in [4.69, 9.17) is 4.74 Å². The fourth-order valence-electron chi connectivity index (χ4n) is 3.15. The number of ether oxygens (including phenoxy) is 1. The van der Waals surface area contributed by atoms with Gasteiger partial charge in [-0.15, -0.1) is 0 Å². The number of hydrogen-bond donors (Lipinski definition) is 2. The first-order valence-electron chi connectivity index (χ1n) is 10.3. The summed E-state index contributed by atoms with van der Waals surface area (Å²) in [5.74, 6) is -1.55. The minimum Gasteiger partial charge on any atom is -0.452 e. The van der Waals surface area contributed by atoms with Gasteiger partial charge in [0.15, 0.2) is 11.9 Å². The van der Waals surface area contributed by atoms with E-state index in [1.165, 1.54) is 19.9 Å². The van der Waals surface area contributed by atoms with Crippen LogP contribution in [0.4, 0.5) is 5.69 Å². The molecular formula is C24H24N2O6S. The molecule has 1 atom stereocenters. The van der Waals surface area contributed by atoms with E-state index in [2.05, 4.69) is 10.0 Å². The molecule has 33 heavy (non-hydrogen) atoms. The number of esters is 1. The lowest BCUT2D eigenvalue weighted by atomic mass is 10.1. The van der Waals surface area contributed by atoms with Crippen LogP contribution in [0.1, 0.15) is 30.6 Å². The van der Waals surface area contributed by atoms with Crippen molar-refractivity contribution in [1.82, 2.24) is 4.72 Å². The number of sulfonamides is 1. The molecule has 0 fully saturated rings. The van der Waals surface area contributed by atoms with Gasteiger partial charge in [-0.3, -0.25) is 14.4 Å². The van der Waals surface area contributed by atoms with Gasteiger partial charge >= 0.3 is 5.97 Å². The van der Waals surface area contributed by atoms with Gasteiger partial charge < -0.3 is 10.1 Å². The summed E-state index contributed by atoms with van der Waals surface area (Å²) >= 11 is 0. The molecule has 0 aromatic heterocycles. The maximum absolute atomic E-state index is 12.5. The lowest BCUT2D eigenvalue weighted by Crippen LogP contribution is -2.32.